The summed E-state index contributed by atoms with van der Waals surface area (Å²) in [6.45, 7) is 4.34. The highest BCUT2D eigenvalue weighted by molar-refractivity contribution is 6.06. The number of carbonyl (C=O) groups excluding carboxylic acids is 3. The van der Waals surface area contributed by atoms with Crippen molar-refractivity contribution in [3.8, 4) is 0 Å². The number of ether oxygens (including phenoxy) is 1. The van der Waals surface area contributed by atoms with Crippen molar-refractivity contribution >= 4 is 34.8 Å². The van der Waals surface area contributed by atoms with Crippen molar-refractivity contribution < 1.29 is 32.3 Å². The Labute approximate surface area is 210 Å². The second kappa shape index (κ2) is 10.5. The van der Waals surface area contributed by atoms with E-state index in [1.54, 1.807) is 27.7 Å². The quantitative estimate of drug-likeness (QED) is 0.389. The maximum absolute atomic E-state index is 13.2. The normalized spacial score (nSPS) is 16.2. The lowest BCUT2D eigenvalue weighted by atomic mass is 10.1. The molecule has 1 saturated heterocycles. The SMILES string of the molecule is C=CC(=O)N1CCCCC(n2c(NC(=O)c3cccc(C(F)(F)F)c3)nc3cccc(C(=O)OC)c32)C1. The van der Waals surface area contributed by atoms with E-state index in [0.29, 0.717) is 24.0 Å². The minimum Gasteiger partial charge on any atom is -0.465 e. The number of esters is 1. The lowest BCUT2D eigenvalue weighted by molar-refractivity contribution is -0.137. The number of nitrogens with one attached hydrogen (secondary N) is 1. The average Bonchev–Trinajstić information content (AvgIpc) is 3.07. The van der Waals surface area contributed by atoms with Crippen LogP contribution in [0.3, 0.4) is 0 Å². The molecule has 194 valence electrons. The van der Waals surface area contributed by atoms with Gasteiger partial charge in [0.05, 0.1) is 35.3 Å². The summed E-state index contributed by atoms with van der Waals surface area (Å²) in [5.74, 6) is -1.61. The fraction of sp³-hybridized carbons (Fsp3) is 0.308. The van der Waals surface area contributed by atoms with E-state index in [1.807, 2.05) is 0 Å². The number of fused-ring (bicyclic) bond motifs is 1. The lowest BCUT2D eigenvalue weighted by Crippen LogP contribution is -2.34. The van der Waals surface area contributed by atoms with Gasteiger partial charge in [-0.3, -0.25) is 14.9 Å². The molecule has 1 aliphatic heterocycles. The zero-order valence-electron chi connectivity index (χ0n) is 20.0. The molecule has 11 heteroatoms. The number of amides is 2. The standard InChI is InChI=1S/C26H25F3N4O4/c1-3-21(34)32-13-5-4-10-18(15-32)33-22-19(24(36)37-2)11-7-12-20(22)30-25(33)31-23(35)16-8-6-9-17(14-16)26(27,28)29/h3,6-9,11-12,14,18H,1,4-5,10,13,15H2,2H3,(H,30,31,35). The molecule has 0 spiro atoms. The number of imidazole rings is 1. The van der Waals surface area contributed by atoms with Gasteiger partial charge < -0.3 is 14.2 Å². The van der Waals surface area contributed by atoms with Crippen molar-refractivity contribution in [3.63, 3.8) is 0 Å². The summed E-state index contributed by atoms with van der Waals surface area (Å²) in [7, 11) is 1.24. The monoisotopic (exact) mass is 514 g/mol. The van der Waals surface area contributed by atoms with Crippen molar-refractivity contribution in [2.45, 2.75) is 31.5 Å². The molecular weight excluding hydrogens is 489 g/mol. The summed E-state index contributed by atoms with van der Waals surface area (Å²) in [5.41, 5.74) is -0.174. The van der Waals surface area contributed by atoms with E-state index >= 15 is 0 Å². The molecule has 1 fully saturated rings. The first kappa shape index (κ1) is 25.9. The van der Waals surface area contributed by atoms with E-state index in [1.165, 1.54) is 19.3 Å². The number of hydrogen-bond donors (Lipinski definition) is 1. The molecule has 3 aromatic rings. The fourth-order valence-electron chi connectivity index (χ4n) is 4.54. The molecule has 1 atom stereocenters. The van der Waals surface area contributed by atoms with Gasteiger partial charge in [0, 0.05) is 18.7 Å². The molecule has 2 heterocycles. The predicted octanol–water partition coefficient (Wildman–Crippen LogP) is 4.83. The van der Waals surface area contributed by atoms with E-state index in [-0.39, 0.29) is 35.6 Å². The Kier molecular flexibility index (Phi) is 7.33. The molecule has 2 aromatic carbocycles. The molecule has 2 amide bonds. The maximum Gasteiger partial charge on any atom is 0.416 e. The lowest BCUT2D eigenvalue weighted by Gasteiger charge is -2.26. The summed E-state index contributed by atoms with van der Waals surface area (Å²) in [6.07, 6.45) is -1.27. The Bertz CT molecular complexity index is 1370. The van der Waals surface area contributed by atoms with Crippen LogP contribution in [0.1, 0.15) is 51.6 Å². The number of para-hydroxylation sites is 1. The molecule has 1 N–H and O–H groups in total. The molecule has 0 bridgehead atoms. The van der Waals surface area contributed by atoms with Crippen LogP contribution < -0.4 is 5.32 Å². The summed E-state index contributed by atoms with van der Waals surface area (Å²) in [6, 6.07) is 8.51. The van der Waals surface area contributed by atoms with Crippen LogP contribution in [0.2, 0.25) is 0 Å². The number of benzene rings is 2. The Hall–Kier alpha value is -4.15. The van der Waals surface area contributed by atoms with Gasteiger partial charge in [-0.2, -0.15) is 13.2 Å². The number of likely N-dealkylation sites (tertiary alicyclic amines) is 1. The fourth-order valence-corrected chi connectivity index (χ4v) is 4.54. The molecule has 1 aromatic heterocycles. The number of carbonyl (C=O) groups is 3. The second-order valence-electron chi connectivity index (χ2n) is 8.64. The number of halogens is 3. The maximum atomic E-state index is 13.2. The number of anilines is 1. The van der Waals surface area contributed by atoms with Crippen LogP contribution in [0.15, 0.2) is 55.1 Å². The van der Waals surface area contributed by atoms with E-state index in [0.717, 1.165) is 31.0 Å². The largest absolute Gasteiger partial charge is 0.465 e. The van der Waals surface area contributed by atoms with Gasteiger partial charge in [-0.1, -0.05) is 18.7 Å². The zero-order chi connectivity index (χ0) is 26.7. The Balaban J connectivity index is 1.82. The summed E-state index contributed by atoms with van der Waals surface area (Å²) in [5, 5.41) is 2.62. The van der Waals surface area contributed by atoms with E-state index in [9.17, 15) is 27.6 Å². The number of aromatic nitrogens is 2. The van der Waals surface area contributed by atoms with Crippen molar-refractivity contribution in [2.75, 3.05) is 25.5 Å². The van der Waals surface area contributed by atoms with Gasteiger partial charge >= 0.3 is 12.1 Å². The third-order valence-electron chi connectivity index (χ3n) is 6.29. The summed E-state index contributed by atoms with van der Waals surface area (Å²) in [4.78, 5) is 44.2. The van der Waals surface area contributed by atoms with Crippen molar-refractivity contribution in [1.82, 2.24) is 14.5 Å². The van der Waals surface area contributed by atoms with Crippen LogP contribution >= 0.6 is 0 Å². The van der Waals surface area contributed by atoms with Crippen LogP contribution in [-0.2, 0) is 15.7 Å². The first-order chi connectivity index (χ1) is 17.6. The Morgan fingerprint density at radius 1 is 1.16 bits per heavy atom. The average molecular weight is 515 g/mol. The smallest absolute Gasteiger partial charge is 0.416 e. The van der Waals surface area contributed by atoms with Crippen molar-refractivity contribution in [1.29, 1.82) is 0 Å². The minimum atomic E-state index is -4.61. The van der Waals surface area contributed by atoms with Gasteiger partial charge in [-0.05, 0) is 55.7 Å². The topological polar surface area (TPSA) is 93.5 Å². The van der Waals surface area contributed by atoms with E-state index < -0.39 is 23.6 Å². The zero-order valence-corrected chi connectivity index (χ0v) is 20.0. The van der Waals surface area contributed by atoms with Crippen LogP contribution in [0.4, 0.5) is 19.1 Å². The van der Waals surface area contributed by atoms with Gasteiger partial charge in [-0.15, -0.1) is 0 Å². The number of alkyl halides is 3. The van der Waals surface area contributed by atoms with Gasteiger partial charge in [0.2, 0.25) is 11.9 Å². The molecule has 1 aliphatic rings. The minimum absolute atomic E-state index is 0.0478. The number of methoxy groups -OCH3 is 1. The number of nitrogens with zero attached hydrogens (tertiary/aromatic N) is 3. The van der Waals surface area contributed by atoms with Crippen LogP contribution in [-0.4, -0.2) is 52.4 Å². The van der Waals surface area contributed by atoms with Crippen LogP contribution in [0, 0.1) is 0 Å². The van der Waals surface area contributed by atoms with Gasteiger partial charge in [0.1, 0.15) is 0 Å². The molecule has 1 unspecified atom stereocenters. The van der Waals surface area contributed by atoms with Crippen molar-refractivity contribution in [3.05, 3.63) is 71.8 Å². The van der Waals surface area contributed by atoms with E-state index in [2.05, 4.69) is 16.9 Å². The second-order valence-corrected chi connectivity index (χ2v) is 8.64. The van der Waals surface area contributed by atoms with Gasteiger partial charge in [0.25, 0.3) is 5.91 Å². The molecule has 0 saturated carbocycles. The summed E-state index contributed by atoms with van der Waals surface area (Å²) >= 11 is 0. The van der Waals surface area contributed by atoms with Crippen LogP contribution in [0.25, 0.3) is 11.0 Å². The third-order valence-corrected chi connectivity index (χ3v) is 6.29. The highest BCUT2D eigenvalue weighted by Crippen LogP contribution is 2.33. The predicted molar refractivity (Wildman–Crippen MR) is 130 cm³/mol. The van der Waals surface area contributed by atoms with E-state index in [4.69, 9.17) is 4.74 Å². The third kappa shape index (κ3) is 5.35. The molecule has 37 heavy (non-hydrogen) atoms. The number of rotatable bonds is 5. The number of hydrogen-bond acceptors (Lipinski definition) is 5. The Morgan fingerprint density at radius 3 is 2.62 bits per heavy atom. The molecule has 0 radical (unpaired) electrons. The van der Waals surface area contributed by atoms with Crippen LogP contribution in [0.5, 0.6) is 0 Å². The van der Waals surface area contributed by atoms with Gasteiger partial charge in [0.15, 0.2) is 0 Å². The molecular formula is C26H25F3N4O4. The van der Waals surface area contributed by atoms with Gasteiger partial charge in [-0.25, -0.2) is 9.78 Å². The Morgan fingerprint density at radius 2 is 1.92 bits per heavy atom. The first-order valence-corrected chi connectivity index (χ1v) is 11.6. The molecule has 8 nitrogen and oxygen atoms in total. The highest BCUT2D eigenvalue weighted by atomic mass is 19.4. The van der Waals surface area contributed by atoms with Crippen molar-refractivity contribution in [2.24, 2.45) is 0 Å². The first-order valence-electron chi connectivity index (χ1n) is 11.6. The molecule has 0 aliphatic carbocycles. The summed E-state index contributed by atoms with van der Waals surface area (Å²) < 4.78 is 46.2. The highest BCUT2D eigenvalue weighted by Gasteiger charge is 2.32. The molecule has 4 rings (SSSR count).